The van der Waals surface area contributed by atoms with Crippen molar-refractivity contribution in [3.05, 3.63) is 35.4 Å². The first-order chi connectivity index (χ1) is 8.55. The second-order valence-electron chi connectivity index (χ2n) is 5.38. The lowest BCUT2D eigenvalue weighted by atomic mass is 9.71. The van der Waals surface area contributed by atoms with Gasteiger partial charge in [-0.05, 0) is 36.5 Å². The van der Waals surface area contributed by atoms with Crippen LogP contribution in [0.25, 0.3) is 0 Å². The first-order valence-electron chi connectivity index (χ1n) is 6.71. The zero-order valence-corrected chi connectivity index (χ0v) is 10.8. The molecular formula is C15H20F2O. The molecule has 2 unspecified atom stereocenters. The number of hydrogen-bond acceptors (Lipinski definition) is 1. The summed E-state index contributed by atoms with van der Waals surface area (Å²) >= 11 is 0. The fourth-order valence-electron chi connectivity index (χ4n) is 3.11. The Morgan fingerprint density at radius 1 is 1.28 bits per heavy atom. The summed E-state index contributed by atoms with van der Waals surface area (Å²) in [6.07, 6.45) is 5.29. The van der Waals surface area contributed by atoms with Gasteiger partial charge < -0.3 is 5.11 Å². The van der Waals surface area contributed by atoms with Gasteiger partial charge in [-0.25, -0.2) is 8.78 Å². The summed E-state index contributed by atoms with van der Waals surface area (Å²) in [5.41, 5.74) is -0.0752. The fraction of sp³-hybridized carbons (Fsp3) is 0.600. The van der Waals surface area contributed by atoms with Crippen molar-refractivity contribution in [3.8, 4) is 0 Å². The summed E-state index contributed by atoms with van der Waals surface area (Å²) in [5.74, 6) is -1.40. The molecule has 0 saturated heterocycles. The third-order valence-electron chi connectivity index (χ3n) is 4.16. The van der Waals surface area contributed by atoms with E-state index in [-0.39, 0.29) is 5.92 Å². The van der Waals surface area contributed by atoms with Crippen LogP contribution in [-0.2, 0) is 6.42 Å². The minimum absolute atomic E-state index is 0.263. The van der Waals surface area contributed by atoms with Gasteiger partial charge in [0.15, 0.2) is 11.6 Å². The Bertz CT molecular complexity index is 419. The molecule has 3 heteroatoms. The quantitative estimate of drug-likeness (QED) is 0.869. The molecule has 1 fully saturated rings. The molecule has 1 N–H and O–H groups in total. The Morgan fingerprint density at radius 2 is 2.06 bits per heavy atom. The maximum absolute atomic E-state index is 13.2. The van der Waals surface area contributed by atoms with Gasteiger partial charge in [0, 0.05) is 6.42 Å². The van der Waals surface area contributed by atoms with E-state index in [9.17, 15) is 13.9 Å². The predicted molar refractivity (Wildman–Crippen MR) is 67.3 cm³/mol. The fourth-order valence-corrected chi connectivity index (χ4v) is 3.11. The van der Waals surface area contributed by atoms with Crippen LogP contribution in [0.5, 0.6) is 0 Å². The first kappa shape index (κ1) is 13.5. The Labute approximate surface area is 107 Å². The molecule has 0 spiro atoms. The number of halogens is 2. The van der Waals surface area contributed by atoms with E-state index in [1.807, 2.05) is 0 Å². The van der Waals surface area contributed by atoms with Crippen LogP contribution in [0.3, 0.4) is 0 Å². The van der Waals surface area contributed by atoms with Gasteiger partial charge >= 0.3 is 0 Å². The Kier molecular flexibility index (Phi) is 4.00. The summed E-state index contributed by atoms with van der Waals surface area (Å²) in [5, 5.41) is 10.7. The summed E-state index contributed by atoms with van der Waals surface area (Å²) < 4.78 is 26.1. The average Bonchev–Trinajstić information content (AvgIpc) is 2.34. The van der Waals surface area contributed by atoms with Gasteiger partial charge in [-0.3, -0.25) is 0 Å². The van der Waals surface area contributed by atoms with E-state index >= 15 is 0 Å². The molecule has 0 heterocycles. The lowest BCUT2D eigenvalue weighted by molar-refractivity contribution is -0.0491. The normalized spacial score (nSPS) is 28.3. The lowest BCUT2D eigenvalue weighted by Gasteiger charge is -2.40. The summed E-state index contributed by atoms with van der Waals surface area (Å²) in [4.78, 5) is 0. The molecular weight excluding hydrogens is 234 g/mol. The van der Waals surface area contributed by atoms with Gasteiger partial charge in [0.2, 0.25) is 0 Å². The van der Waals surface area contributed by atoms with Crippen molar-refractivity contribution in [2.45, 2.75) is 51.0 Å². The van der Waals surface area contributed by atoms with Crippen LogP contribution >= 0.6 is 0 Å². The number of aliphatic hydroxyl groups is 1. The average molecular weight is 254 g/mol. The van der Waals surface area contributed by atoms with E-state index in [2.05, 4.69) is 6.92 Å². The maximum atomic E-state index is 13.2. The second kappa shape index (κ2) is 5.35. The largest absolute Gasteiger partial charge is 0.389 e. The SMILES string of the molecule is CCC1CCCCC1(O)Cc1ccc(F)c(F)c1. The van der Waals surface area contributed by atoms with Gasteiger partial charge in [-0.15, -0.1) is 0 Å². The summed E-state index contributed by atoms with van der Waals surface area (Å²) in [6, 6.07) is 3.91. The highest BCUT2D eigenvalue weighted by Crippen LogP contribution is 2.38. The highest BCUT2D eigenvalue weighted by Gasteiger charge is 2.37. The van der Waals surface area contributed by atoms with E-state index in [1.165, 1.54) is 6.07 Å². The van der Waals surface area contributed by atoms with Crippen molar-refractivity contribution < 1.29 is 13.9 Å². The van der Waals surface area contributed by atoms with Crippen LogP contribution in [0.15, 0.2) is 18.2 Å². The summed E-state index contributed by atoms with van der Waals surface area (Å²) in [7, 11) is 0. The zero-order valence-electron chi connectivity index (χ0n) is 10.8. The molecule has 1 nitrogen and oxygen atoms in total. The molecule has 1 saturated carbocycles. The highest BCUT2D eigenvalue weighted by atomic mass is 19.2. The Morgan fingerprint density at radius 3 is 2.72 bits per heavy atom. The molecule has 0 aliphatic heterocycles. The summed E-state index contributed by atoms with van der Waals surface area (Å²) in [6.45, 7) is 2.08. The monoisotopic (exact) mass is 254 g/mol. The molecule has 0 bridgehead atoms. The van der Waals surface area contributed by atoms with E-state index in [0.29, 0.717) is 12.0 Å². The zero-order chi connectivity index (χ0) is 13.2. The van der Waals surface area contributed by atoms with E-state index < -0.39 is 17.2 Å². The number of benzene rings is 1. The molecule has 0 amide bonds. The number of hydrogen-bond donors (Lipinski definition) is 1. The van der Waals surface area contributed by atoms with Crippen LogP contribution in [-0.4, -0.2) is 10.7 Å². The molecule has 0 radical (unpaired) electrons. The van der Waals surface area contributed by atoms with Crippen molar-refractivity contribution in [1.29, 1.82) is 0 Å². The van der Waals surface area contributed by atoms with Crippen molar-refractivity contribution in [2.75, 3.05) is 0 Å². The van der Waals surface area contributed by atoms with Crippen LogP contribution < -0.4 is 0 Å². The predicted octanol–water partition coefficient (Wildman–Crippen LogP) is 3.84. The van der Waals surface area contributed by atoms with E-state index in [0.717, 1.165) is 38.2 Å². The van der Waals surface area contributed by atoms with Crippen molar-refractivity contribution in [3.63, 3.8) is 0 Å². The minimum Gasteiger partial charge on any atom is -0.389 e. The molecule has 2 rings (SSSR count). The van der Waals surface area contributed by atoms with Crippen molar-refractivity contribution >= 4 is 0 Å². The Hall–Kier alpha value is -0.960. The van der Waals surface area contributed by atoms with Crippen LogP contribution in [0.2, 0.25) is 0 Å². The van der Waals surface area contributed by atoms with Gasteiger partial charge in [0.1, 0.15) is 0 Å². The smallest absolute Gasteiger partial charge is 0.159 e. The van der Waals surface area contributed by atoms with Gasteiger partial charge in [0.05, 0.1) is 5.60 Å². The van der Waals surface area contributed by atoms with Crippen LogP contribution in [0.1, 0.15) is 44.6 Å². The highest BCUT2D eigenvalue weighted by molar-refractivity contribution is 5.20. The maximum Gasteiger partial charge on any atom is 0.159 e. The molecule has 18 heavy (non-hydrogen) atoms. The van der Waals surface area contributed by atoms with Crippen LogP contribution in [0, 0.1) is 17.6 Å². The van der Waals surface area contributed by atoms with Gasteiger partial charge in [-0.2, -0.15) is 0 Å². The third kappa shape index (κ3) is 2.72. The Balaban J connectivity index is 2.17. The van der Waals surface area contributed by atoms with Gasteiger partial charge in [0.25, 0.3) is 0 Å². The molecule has 1 aliphatic rings. The van der Waals surface area contributed by atoms with Gasteiger partial charge in [-0.1, -0.05) is 32.3 Å². The van der Waals surface area contributed by atoms with Crippen molar-refractivity contribution in [2.24, 2.45) is 5.92 Å². The molecule has 1 aromatic carbocycles. The number of rotatable bonds is 3. The van der Waals surface area contributed by atoms with Crippen LogP contribution in [0.4, 0.5) is 8.78 Å². The van der Waals surface area contributed by atoms with E-state index in [1.54, 1.807) is 6.07 Å². The molecule has 1 aliphatic carbocycles. The first-order valence-corrected chi connectivity index (χ1v) is 6.71. The standard InChI is InChI=1S/C15H20F2O/c1-2-12-5-3-4-8-15(12,18)10-11-6-7-13(16)14(17)9-11/h6-7,9,12,18H,2-5,8,10H2,1H3. The van der Waals surface area contributed by atoms with E-state index in [4.69, 9.17) is 0 Å². The molecule has 0 aromatic heterocycles. The molecule has 1 aromatic rings. The molecule has 100 valence electrons. The topological polar surface area (TPSA) is 20.2 Å². The second-order valence-corrected chi connectivity index (χ2v) is 5.38. The third-order valence-corrected chi connectivity index (χ3v) is 4.16. The minimum atomic E-state index is -0.833. The van der Waals surface area contributed by atoms with Crippen molar-refractivity contribution in [1.82, 2.24) is 0 Å². The lowest BCUT2D eigenvalue weighted by Crippen LogP contribution is -2.42. The molecule has 2 atom stereocenters.